The summed E-state index contributed by atoms with van der Waals surface area (Å²) in [5.74, 6) is 0.693. The molecule has 168 valence electrons. The third kappa shape index (κ3) is 4.51. The number of sulfone groups is 1. The van der Waals surface area contributed by atoms with E-state index in [9.17, 15) is 17.2 Å². The lowest BCUT2D eigenvalue weighted by molar-refractivity contribution is 0.151. The summed E-state index contributed by atoms with van der Waals surface area (Å²) in [4.78, 5) is 1.61. The van der Waals surface area contributed by atoms with Crippen molar-refractivity contribution in [2.45, 2.75) is 20.0 Å². The summed E-state index contributed by atoms with van der Waals surface area (Å²) < 4.78 is 56.0. The predicted molar refractivity (Wildman–Crippen MR) is 111 cm³/mol. The number of halogens is 2. The zero-order valence-corrected chi connectivity index (χ0v) is 17.9. The van der Waals surface area contributed by atoms with Gasteiger partial charge in [0.25, 0.3) is 6.43 Å². The van der Waals surface area contributed by atoms with Crippen molar-refractivity contribution >= 4 is 15.7 Å². The number of rotatable bonds is 7. The summed E-state index contributed by atoms with van der Waals surface area (Å²) in [5, 5.41) is 19.1. The molecule has 32 heavy (non-hydrogen) atoms. The van der Waals surface area contributed by atoms with E-state index < -0.39 is 16.3 Å². The molecule has 0 atom stereocenters. The number of aryl methyl sites for hydroxylation is 1. The lowest BCUT2D eigenvalue weighted by Crippen LogP contribution is -2.23. The van der Waals surface area contributed by atoms with E-state index in [2.05, 4.69) is 25.8 Å². The first-order valence-corrected chi connectivity index (χ1v) is 11.3. The van der Waals surface area contributed by atoms with Gasteiger partial charge in [-0.1, -0.05) is 17.3 Å². The number of ether oxygens (including phenoxy) is 1. The Morgan fingerprint density at radius 1 is 1.12 bits per heavy atom. The second-order valence-electron chi connectivity index (χ2n) is 7.01. The molecule has 1 aliphatic rings. The summed E-state index contributed by atoms with van der Waals surface area (Å²) in [5.41, 5.74) is 1.75. The van der Waals surface area contributed by atoms with Gasteiger partial charge in [-0.25, -0.2) is 21.9 Å². The predicted octanol–water partition coefficient (Wildman–Crippen LogP) is 2.09. The highest BCUT2D eigenvalue weighted by atomic mass is 32.2. The van der Waals surface area contributed by atoms with E-state index in [0.29, 0.717) is 22.9 Å². The fourth-order valence-corrected chi connectivity index (χ4v) is 3.61. The van der Waals surface area contributed by atoms with Crippen molar-refractivity contribution in [2.24, 2.45) is 0 Å². The van der Waals surface area contributed by atoms with Crippen LogP contribution >= 0.6 is 0 Å². The summed E-state index contributed by atoms with van der Waals surface area (Å²) >= 11 is 0. The Balaban J connectivity index is 1.46. The summed E-state index contributed by atoms with van der Waals surface area (Å²) in [6.07, 6.45) is 0.0232. The molecule has 0 bridgehead atoms. The van der Waals surface area contributed by atoms with Crippen LogP contribution in [0.1, 0.15) is 23.4 Å². The molecule has 0 saturated carbocycles. The SMILES string of the molecule is Cc1nnn(-c2ccc(C(F)F)cc2)c1COc1ccc(N2C=C(S(C)(=O)=O)NC2)nn1. The van der Waals surface area contributed by atoms with Gasteiger partial charge < -0.3 is 15.0 Å². The molecule has 1 aromatic carbocycles. The van der Waals surface area contributed by atoms with Crippen LogP contribution in [0.15, 0.2) is 47.6 Å². The van der Waals surface area contributed by atoms with Crippen molar-refractivity contribution in [1.29, 1.82) is 0 Å². The van der Waals surface area contributed by atoms with Crippen molar-refractivity contribution < 1.29 is 21.9 Å². The molecule has 0 saturated heterocycles. The van der Waals surface area contributed by atoms with Crippen LogP contribution in [0.25, 0.3) is 5.69 Å². The Morgan fingerprint density at radius 3 is 2.47 bits per heavy atom. The molecule has 0 aliphatic carbocycles. The van der Waals surface area contributed by atoms with E-state index in [1.807, 2.05) is 0 Å². The Labute approximate surface area is 182 Å². The zero-order valence-electron chi connectivity index (χ0n) is 17.1. The van der Waals surface area contributed by atoms with Crippen molar-refractivity contribution in [3.8, 4) is 11.6 Å². The molecule has 2 aromatic heterocycles. The van der Waals surface area contributed by atoms with Crippen LogP contribution in [0.4, 0.5) is 14.6 Å². The van der Waals surface area contributed by atoms with Gasteiger partial charge >= 0.3 is 0 Å². The summed E-state index contributed by atoms with van der Waals surface area (Å²) in [6, 6.07) is 9.00. The van der Waals surface area contributed by atoms with E-state index in [4.69, 9.17) is 4.74 Å². The minimum atomic E-state index is -3.34. The van der Waals surface area contributed by atoms with E-state index in [-0.39, 0.29) is 29.7 Å². The Hall–Kier alpha value is -3.61. The van der Waals surface area contributed by atoms with Gasteiger partial charge in [0.2, 0.25) is 5.88 Å². The molecular formula is C19H19F2N7O3S. The smallest absolute Gasteiger partial charge is 0.263 e. The monoisotopic (exact) mass is 463 g/mol. The molecule has 3 heterocycles. The highest BCUT2D eigenvalue weighted by Gasteiger charge is 2.21. The highest BCUT2D eigenvalue weighted by Crippen LogP contribution is 2.22. The highest BCUT2D eigenvalue weighted by molar-refractivity contribution is 7.94. The van der Waals surface area contributed by atoms with Crippen molar-refractivity contribution in [3.05, 3.63) is 64.6 Å². The average Bonchev–Trinajstić information content (AvgIpc) is 3.40. The van der Waals surface area contributed by atoms with Crippen LogP contribution in [-0.2, 0) is 16.4 Å². The molecule has 0 fully saturated rings. The minimum absolute atomic E-state index is 0.0762. The largest absolute Gasteiger partial charge is 0.470 e. The molecule has 3 aromatic rings. The first-order valence-electron chi connectivity index (χ1n) is 9.41. The lowest BCUT2D eigenvalue weighted by Gasteiger charge is -2.13. The first kappa shape index (κ1) is 21.6. The van der Waals surface area contributed by atoms with Crippen LogP contribution in [0.2, 0.25) is 0 Å². The molecule has 4 rings (SSSR count). The normalized spacial score (nSPS) is 13.9. The maximum atomic E-state index is 12.8. The van der Waals surface area contributed by atoms with Crippen LogP contribution in [0.3, 0.4) is 0 Å². The second-order valence-corrected chi connectivity index (χ2v) is 9.00. The number of hydrogen-bond acceptors (Lipinski definition) is 9. The Bertz CT molecular complexity index is 1240. The molecule has 13 heteroatoms. The fraction of sp³-hybridized carbons (Fsp3) is 0.263. The van der Waals surface area contributed by atoms with Crippen molar-refractivity contribution in [1.82, 2.24) is 30.5 Å². The van der Waals surface area contributed by atoms with E-state index in [1.165, 1.54) is 35.1 Å². The van der Waals surface area contributed by atoms with Gasteiger partial charge in [-0.3, -0.25) is 0 Å². The zero-order chi connectivity index (χ0) is 22.9. The molecule has 1 N–H and O–H groups in total. The molecular weight excluding hydrogens is 444 g/mol. The molecule has 1 aliphatic heterocycles. The van der Waals surface area contributed by atoms with Gasteiger partial charge in [-0.05, 0) is 25.1 Å². The van der Waals surface area contributed by atoms with E-state index >= 15 is 0 Å². The molecule has 0 radical (unpaired) electrons. The minimum Gasteiger partial charge on any atom is -0.470 e. The topological polar surface area (TPSA) is 115 Å². The van der Waals surface area contributed by atoms with Crippen molar-refractivity contribution in [3.63, 3.8) is 0 Å². The number of benzene rings is 1. The average molecular weight is 463 g/mol. The van der Waals surface area contributed by atoms with Gasteiger partial charge in [0, 0.05) is 24.1 Å². The third-order valence-corrected chi connectivity index (χ3v) is 5.77. The van der Waals surface area contributed by atoms with E-state index in [1.54, 1.807) is 24.0 Å². The van der Waals surface area contributed by atoms with Gasteiger partial charge in [0.15, 0.2) is 15.7 Å². The lowest BCUT2D eigenvalue weighted by atomic mass is 10.2. The fourth-order valence-electron chi connectivity index (χ4n) is 2.97. The second kappa shape index (κ2) is 8.49. The molecule has 0 unspecified atom stereocenters. The van der Waals surface area contributed by atoms with E-state index in [0.717, 1.165) is 6.26 Å². The van der Waals surface area contributed by atoms with Gasteiger partial charge in [-0.15, -0.1) is 15.3 Å². The van der Waals surface area contributed by atoms with Gasteiger partial charge in [0.1, 0.15) is 17.3 Å². The van der Waals surface area contributed by atoms with Crippen LogP contribution in [-0.4, -0.2) is 46.5 Å². The van der Waals surface area contributed by atoms with Gasteiger partial charge in [-0.2, -0.15) is 0 Å². The number of anilines is 1. The quantitative estimate of drug-likeness (QED) is 0.562. The Kier molecular flexibility index (Phi) is 5.74. The number of nitrogens with zero attached hydrogens (tertiary/aromatic N) is 6. The Morgan fingerprint density at radius 2 is 1.88 bits per heavy atom. The maximum Gasteiger partial charge on any atom is 0.263 e. The third-order valence-electron chi connectivity index (χ3n) is 4.72. The van der Waals surface area contributed by atoms with Crippen LogP contribution < -0.4 is 15.0 Å². The number of hydrogen-bond donors (Lipinski definition) is 1. The standard InChI is InChI=1S/C19H19F2N7O3S/c1-12-15(28(26-23-12)14-5-3-13(4-6-14)19(20)21)10-31-17-8-7-16(24-25-17)27-9-18(22-11-27)32(2,29)30/h3-9,19,22H,10-11H2,1-2H3. The number of alkyl halides is 2. The molecule has 0 amide bonds. The molecule has 10 nitrogen and oxygen atoms in total. The maximum absolute atomic E-state index is 12.8. The van der Waals surface area contributed by atoms with Gasteiger partial charge in [0.05, 0.1) is 18.1 Å². The number of nitrogens with one attached hydrogen (secondary N) is 1. The summed E-state index contributed by atoms with van der Waals surface area (Å²) in [7, 11) is -3.34. The van der Waals surface area contributed by atoms with Crippen LogP contribution in [0.5, 0.6) is 5.88 Å². The van der Waals surface area contributed by atoms with Crippen LogP contribution in [0, 0.1) is 6.92 Å². The molecule has 0 spiro atoms. The first-order chi connectivity index (χ1) is 15.2. The number of aromatic nitrogens is 5. The van der Waals surface area contributed by atoms with Crippen molar-refractivity contribution in [2.75, 3.05) is 17.8 Å². The summed E-state index contributed by atoms with van der Waals surface area (Å²) in [6.45, 7) is 2.09.